The number of rotatable bonds is 3. The second kappa shape index (κ2) is 11.6. The third kappa shape index (κ3) is 4.46. The Hall–Kier alpha value is -6.90. The molecular weight excluding hydrogens is 641 g/mol. The van der Waals surface area contributed by atoms with Crippen molar-refractivity contribution in [3.05, 3.63) is 182 Å². The molecule has 2 heterocycles. The van der Waals surface area contributed by atoms with E-state index in [-0.39, 0.29) is 0 Å². The summed E-state index contributed by atoms with van der Waals surface area (Å²) < 4.78 is 0. The van der Waals surface area contributed by atoms with Crippen LogP contribution in [0.1, 0.15) is 5.56 Å². The van der Waals surface area contributed by atoms with Gasteiger partial charge in [-0.15, -0.1) is 0 Å². The van der Waals surface area contributed by atoms with E-state index in [1.54, 1.807) is 0 Å². The molecule has 0 saturated heterocycles. The second-order valence-corrected chi connectivity index (χ2v) is 14.1. The molecule has 0 aliphatic carbocycles. The summed E-state index contributed by atoms with van der Waals surface area (Å²) in [4.78, 5) is 10.3. The SMILES string of the molecule is Cc1ccc(-c2ccc(-c3ccc(-c4nc5c6ccccc6c6ccccc6c5c5ccccc45)cc3)c3ccccc23)c2ccc3cccnc3c12. The predicted molar refractivity (Wildman–Crippen MR) is 226 cm³/mol. The highest BCUT2D eigenvalue weighted by Gasteiger charge is 2.18. The quantitative estimate of drug-likeness (QED) is 0.175. The van der Waals surface area contributed by atoms with Crippen molar-refractivity contribution in [3.8, 4) is 33.5 Å². The molecule has 11 rings (SSSR count). The van der Waals surface area contributed by atoms with Gasteiger partial charge in [0.15, 0.2) is 0 Å². The average molecular weight is 673 g/mol. The fraction of sp³-hybridized carbons (Fsp3) is 0.0196. The first-order valence-electron chi connectivity index (χ1n) is 18.2. The van der Waals surface area contributed by atoms with Crippen LogP contribution >= 0.6 is 0 Å². The summed E-state index contributed by atoms with van der Waals surface area (Å²) >= 11 is 0. The molecule has 0 atom stereocenters. The van der Waals surface area contributed by atoms with Gasteiger partial charge in [0.05, 0.1) is 16.7 Å². The number of fused-ring (bicyclic) bond motifs is 12. The summed E-state index contributed by atoms with van der Waals surface area (Å²) in [6.45, 7) is 2.19. The number of hydrogen-bond donors (Lipinski definition) is 0. The van der Waals surface area contributed by atoms with Gasteiger partial charge in [0, 0.05) is 38.7 Å². The maximum atomic E-state index is 5.49. The third-order valence-corrected chi connectivity index (χ3v) is 11.2. The summed E-state index contributed by atoms with van der Waals surface area (Å²) in [6, 6.07) is 61.7. The van der Waals surface area contributed by atoms with E-state index < -0.39 is 0 Å². The summed E-state index contributed by atoms with van der Waals surface area (Å²) in [5, 5.41) is 14.6. The molecule has 0 N–H and O–H groups in total. The van der Waals surface area contributed by atoms with E-state index in [2.05, 4.69) is 171 Å². The lowest BCUT2D eigenvalue weighted by Gasteiger charge is -2.16. The van der Waals surface area contributed by atoms with Crippen LogP contribution in [0.25, 0.3) is 109 Å². The van der Waals surface area contributed by atoms with Crippen LogP contribution in [-0.4, -0.2) is 9.97 Å². The van der Waals surface area contributed by atoms with Gasteiger partial charge in [0.1, 0.15) is 0 Å². The molecule has 2 heteroatoms. The van der Waals surface area contributed by atoms with Crippen molar-refractivity contribution in [2.75, 3.05) is 0 Å². The van der Waals surface area contributed by atoms with Crippen LogP contribution in [0.3, 0.4) is 0 Å². The maximum Gasteiger partial charge on any atom is 0.0800 e. The Bertz CT molecular complexity index is 3280. The number of aromatic nitrogens is 2. The molecule has 11 aromatic rings. The number of hydrogen-bond acceptors (Lipinski definition) is 2. The fourth-order valence-electron chi connectivity index (χ4n) is 8.79. The molecule has 0 unspecified atom stereocenters. The minimum absolute atomic E-state index is 1.01. The van der Waals surface area contributed by atoms with Gasteiger partial charge in [-0.1, -0.05) is 164 Å². The summed E-state index contributed by atoms with van der Waals surface area (Å²) in [5.74, 6) is 0. The van der Waals surface area contributed by atoms with Crippen LogP contribution in [0.2, 0.25) is 0 Å². The van der Waals surface area contributed by atoms with E-state index >= 15 is 0 Å². The zero-order chi connectivity index (χ0) is 35.0. The highest BCUT2D eigenvalue weighted by Crippen LogP contribution is 2.43. The van der Waals surface area contributed by atoms with Gasteiger partial charge in [-0.3, -0.25) is 4.98 Å². The predicted octanol–water partition coefficient (Wildman–Crippen LogP) is 13.9. The maximum absolute atomic E-state index is 5.49. The van der Waals surface area contributed by atoms with Gasteiger partial charge < -0.3 is 0 Å². The number of benzene rings is 9. The van der Waals surface area contributed by atoms with Crippen molar-refractivity contribution in [3.63, 3.8) is 0 Å². The van der Waals surface area contributed by atoms with Gasteiger partial charge in [0.2, 0.25) is 0 Å². The smallest absolute Gasteiger partial charge is 0.0800 e. The Morgan fingerprint density at radius 1 is 0.340 bits per heavy atom. The molecule has 0 spiro atoms. The van der Waals surface area contributed by atoms with E-state index in [0.717, 1.165) is 33.1 Å². The number of pyridine rings is 2. The molecule has 0 radical (unpaired) electrons. The van der Waals surface area contributed by atoms with Crippen molar-refractivity contribution in [1.82, 2.24) is 9.97 Å². The molecule has 2 aromatic heterocycles. The van der Waals surface area contributed by atoms with Crippen LogP contribution in [-0.2, 0) is 0 Å². The minimum atomic E-state index is 1.01. The van der Waals surface area contributed by atoms with Crippen LogP contribution in [0, 0.1) is 6.92 Å². The van der Waals surface area contributed by atoms with Gasteiger partial charge >= 0.3 is 0 Å². The Balaban J connectivity index is 1.08. The number of nitrogens with zero attached hydrogens (tertiary/aromatic N) is 2. The lowest BCUT2D eigenvalue weighted by Crippen LogP contribution is -1.93. The van der Waals surface area contributed by atoms with Gasteiger partial charge in [-0.05, 0) is 78.5 Å². The molecule has 0 fully saturated rings. The van der Waals surface area contributed by atoms with E-state index in [9.17, 15) is 0 Å². The Morgan fingerprint density at radius 3 is 1.64 bits per heavy atom. The molecule has 53 heavy (non-hydrogen) atoms. The Morgan fingerprint density at radius 2 is 0.887 bits per heavy atom. The normalized spacial score (nSPS) is 11.9. The van der Waals surface area contributed by atoms with Crippen LogP contribution < -0.4 is 0 Å². The molecular formula is C51H32N2. The highest BCUT2D eigenvalue weighted by atomic mass is 14.7. The molecule has 0 aliphatic heterocycles. The van der Waals surface area contributed by atoms with Crippen LogP contribution in [0.5, 0.6) is 0 Å². The topological polar surface area (TPSA) is 25.8 Å². The van der Waals surface area contributed by atoms with Crippen molar-refractivity contribution >= 4 is 75.7 Å². The van der Waals surface area contributed by atoms with Gasteiger partial charge in [0.25, 0.3) is 0 Å². The zero-order valence-electron chi connectivity index (χ0n) is 29.1. The van der Waals surface area contributed by atoms with E-state index in [1.165, 1.54) is 81.7 Å². The summed E-state index contributed by atoms with van der Waals surface area (Å²) in [7, 11) is 0. The van der Waals surface area contributed by atoms with E-state index in [4.69, 9.17) is 9.97 Å². The summed E-state index contributed by atoms with van der Waals surface area (Å²) in [6.07, 6.45) is 1.89. The molecule has 9 aromatic carbocycles. The van der Waals surface area contributed by atoms with Crippen molar-refractivity contribution in [2.45, 2.75) is 6.92 Å². The fourth-order valence-corrected chi connectivity index (χ4v) is 8.79. The molecule has 0 saturated carbocycles. The highest BCUT2D eigenvalue weighted by molar-refractivity contribution is 6.31. The van der Waals surface area contributed by atoms with Gasteiger partial charge in [-0.2, -0.15) is 0 Å². The molecule has 246 valence electrons. The first-order chi connectivity index (χ1) is 26.2. The zero-order valence-corrected chi connectivity index (χ0v) is 29.1. The van der Waals surface area contributed by atoms with E-state index in [1.807, 2.05) is 12.3 Å². The first kappa shape index (κ1) is 29.8. The largest absolute Gasteiger partial charge is 0.256 e. The van der Waals surface area contributed by atoms with Crippen molar-refractivity contribution in [2.24, 2.45) is 0 Å². The summed E-state index contributed by atoms with van der Waals surface area (Å²) in [5.41, 5.74) is 10.3. The minimum Gasteiger partial charge on any atom is -0.256 e. The molecule has 2 nitrogen and oxygen atoms in total. The molecule has 0 aliphatic rings. The monoisotopic (exact) mass is 672 g/mol. The standard InChI is InChI=1S/C51H32N2/c1-31-20-26-41(44-27-25-33-11-10-30-52-50(33)47(31)44)40-29-28-35(36-12-2-3-13-37(36)40)32-21-23-34(24-22-32)49-46-19-9-7-17-43(46)48-42-16-6-4-14-38(42)39-15-5-8-18-45(39)51(48)53-49/h2-30H,1H3. The Kier molecular flexibility index (Phi) is 6.50. The van der Waals surface area contributed by atoms with Crippen molar-refractivity contribution < 1.29 is 0 Å². The van der Waals surface area contributed by atoms with Crippen molar-refractivity contribution in [1.29, 1.82) is 0 Å². The second-order valence-electron chi connectivity index (χ2n) is 14.1. The van der Waals surface area contributed by atoms with Crippen LogP contribution in [0.4, 0.5) is 0 Å². The van der Waals surface area contributed by atoms with E-state index in [0.29, 0.717) is 0 Å². The van der Waals surface area contributed by atoms with Gasteiger partial charge in [-0.25, -0.2) is 4.98 Å². The third-order valence-electron chi connectivity index (χ3n) is 11.2. The van der Waals surface area contributed by atoms with Crippen LogP contribution in [0.15, 0.2) is 176 Å². The number of aryl methyl sites for hydroxylation is 1. The first-order valence-corrected chi connectivity index (χ1v) is 18.2. The molecule has 0 amide bonds. The lowest BCUT2D eigenvalue weighted by molar-refractivity contribution is 1.42. The Labute approximate surface area is 306 Å². The lowest BCUT2D eigenvalue weighted by atomic mass is 9.88. The molecule has 0 bridgehead atoms. The average Bonchev–Trinajstić information content (AvgIpc) is 3.23.